The third kappa shape index (κ3) is 8.87. The summed E-state index contributed by atoms with van der Waals surface area (Å²) in [7, 11) is 1.67. The molecule has 0 saturated heterocycles. The van der Waals surface area contributed by atoms with E-state index in [1.54, 1.807) is 6.07 Å². The molecule has 3 rings (SSSR count). The van der Waals surface area contributed by atoms with Gasteiger partial charge in [-0.3, -0.25) is 4.79 Å². The van der Waals surface area contributed by atoms with Crippen LogP contribution in [0, 0.1) is 17.7 Å². The van der Waals surface area contributed by atoms with Gasteiger partial charge in [0.25, 0.3) is 0 Å². The zero-order valence-corrected chi connectivity index (χ0v) is 25.0. The average Bonchev–Trinajstić information content (AvgIpc) is 2.88. The fourth-order valence-corrected chi connectivity index (χ4v) is 7.51. The number of nitrogens with zero attached hydrogens (tertiary/aromatic N) is 2. The van der Waals surface area contributed by atoms with E-state index in [-0.39, 0.29) is 52.5 Å². The third-order valence-electron chi connectivity index (χ3n) is 7.35. The second-order valence-electron chi connectivity index (χ2n) is 10.3. The summed E-state index contributed by atoms with van der Waals surface area (Å²) in [6.07, 6.45) is 5.29. The Balaban J connectivity index is 1.34. The van der Waals surface area contributed by atoms with Crippen LogP contribution in [0.2, 0.25) is 10.0 Å². The molecule has 1 saturated carbocycles. The van der Waals surface area contributed by atoms with Crippen molar-refractivity contribution in [2.45, 2.75) is 43.0 Å². The predicted octanol–water partition coefficient (Wildman–Crippen LogP) is 5.39. The number of rotatable bonds is 13. The first kappa shape index (κ1) is 31.8. The van der Waals surface area contributed by atoms with Crippen molar-refractivity contribution in [1.82, 2.24) is 14.5 Å². The number of nitrogens with one attached hydrogen (secondary N) is 1. The number of carbonyl (C=O) groups is 1. The molecule has 1 atom stereocenters. The van der Waals surface area contributed by atoms with Gasteiger partial charge >= 0.3 is 0 Å². The van der Waals surface area contributed by atoms with E-state index in [9.17, 15) is 17.6 Å². The van der Waals surface area contributed by atoms with Crippen LogP contribution in [-0.4, -0.2) is 71.0 Å². The summed E-state index contributed by atoms with van der Waals surface area (Å²) in [5, 5.41) is 3.00. The SMILES string of the molecule is CN(C)C(c1ccc(F)cc1)C1CCC(CCNC(=O)COCCN(C)S(=O)(=O)c2c(Cl)cccc2Cl)CC1. The van der Waals surface area contributed by atoms with Gasteiger partial charge in [0.1, 0.15) is 17.3 Å². The highest BCUT2D eigenvalue weighted by atomic mass is 35.5. The van der Waals surface area contributed by atoms with Gasteiger partial charge in [0.15, 0.2) is 0 Å². The maximum absolute atomic E-state index is 13.4. The minimum absolute atomic E-state index is 0.0479. The second-order valence-corrected chi connectivity index (χ2v) is 13.1. The van der Waals surface area contributed by atoms with E-state index in [1.165, 1.54) is 31.3 Å². The summed E-state index contributed by atoms with van der Waals surface area (Å²) in [6, 6.07) is 11.6. The zero-order chi connectivity index (χ0) is 28.6. The molecule has 1 amide bonds. The van der Waals surface area contributed by atoms with Gasteiger partial charge in [-0.25, -0.2) is 12.8 Å². The van der Waals surface area contributed by atoms with Crippen LogP contribution in [0.15, 0.2) is 47.4 Å². The van der Waals surface area contributed by atoms with Crippen LogP contribution in [0.4, 0.5) is 4.39 Å². The van der Waals surface area contributed by atoms with Crippen molar-refractivity contribution in [3.05, 3.63) is 63.9 Å². The number of ether oxygens (including phenoxy) is 1. The van der Waals surface area contributed by atoms with Crippen molar-refractivity contribution < 1.29 is 22.3 Å². The smallest absolute Gasteiger partial charge is 0.245 e. The van der Waals surface area contributed by atoms with Crippen molar-refractivity contribution in [3.8, 4) is 0 Å². The molecule has 2 aromatic rings. The lowest BCUT2D eigenvalue weighted by molar-refractivity contribution is -0.125. The fraction of sp³-hybridized carbons (Fsp3) is 0.536. The van der Waals surface area contributed by atoms with Gasteiger partial charge in [-0.15, -0.1) is 0 Å². The largest absolute Gasteiger partial charge is 0.370 e. The van der Waals surface area contributed by atoms with E-state index in [1.807, 2.05) is 12.1 Å². The van der Waals surface area contributed by atoms with Gasteiger partial charge in [0, 0.05) is 26.2 Å². The lowest BCUT2D eigenvalue weighted by Gasteiger charge is -2.37. The molecular weight excluding hydrogens is 564 g/mol. The molecular formula is C28H38Cl2FN3O4S. The first-order chi connectivity index (χ1) is 18.5. The van der Waals surface area contributed by atoms with Crippen molar-refractivity contribution in [3.63, 3.8) is 0 Å². The molecule has 11 heteroatoms. The molecule has 1 N–H and O–H groups in total. The van der Waals surface area contributed by atoms with Crippen molar-refractivity contribution in [1.29, 1.82) is 0 Å². The van der Waals surface area contributed by atoms with Gasteiger partial charge in [-0.2, -0.15) is 4.31 Å². The topological polar surface area (TPSA) is 79.0 Å². The maximum atomic E-state index is 13.4. The second kappa shape index (κ2) is 14.8. The molecule has 0 spiro atoms. The van der Waals surface area contributed by atoms with E-state index in [0.29, 0.717) is 18.4 Å². The van der Waals surface area contributed by atoms with Gasteiger partial charge in [0.2, 0.25) is 15.9 Å². The highest BCUT2D eigenvalue weighted by Gasteiger charge is 2.30. The van der Waals surface area contributed by atoms with Gasteiger partial charge in [-0.05, 0) is 75.0 Å². The summed E-state index contributed by atoms with van der Waals surface area (Å²) in [6.45, 7) is 0.532. The van der Waals surface area contributed by atoms with Crippen LogP contribution in [0.5, 0.6) is 0 Å². The highest BCUT2D eigenvalue weighted by molar-refractivity contribution is 7.89. The van der Waals surface area contributed by atoms with Crippen LogP contribution in [-0.2, 0) is 19.6 Å². The molecule has 2 aromatic carbocycles. The Morgan fingerprint density at radius 1 is 1.05 bits per heavy atom. The van der Waals surface area contributed by atoms with Gasteiger partial charge in [0.05, 0.1) is 16.7 Å². The van der Waals surface area contributed by atoms with E-state index in [4.69, 9.17) is 27.9 Å². The Morgan fingerprint density at radius 3 is 2.26 bits per heavy atom. The van der Waals surface area contributed by atoms with Crippen molar-refractivity contribution in [2.24, 2.45) is 11.8 Å². The van der Waals surface area contributed by atoms with E-state index in [2.05, 4.69) is 24.3 Å². The van der Waals surface area contributed by atoms with Crippen molar-refractivity contribution >= 4 is 39.1 Å². The summed E-state index contributed by atoms with van der Waals surface area (Å²) in [4.78, 5) is 14.3. The average molecular weight is 603 g/mol. The molecule has 0 radical (unpaired) electrons. The monoisotopic (exact) mass is 601 g/mol. The first-order valence-electron chi connectivity index (χ1n) is 13.2. The number of halogens is 3. The van der Waals surface area contributed by atoms with Crippen LogP contribution < -0.4 is 5.32 Å². The predicted molar refractivity (Wildman–Crippen MR) is 153 cm³/mol. The number of benzene rings is 2. The third-order valence-corrected chi connectivity index (χ3v) is 10.2. The van der Waals surface area contributed by atoms with E-state index < -0.39 is 10.0 Å². The Labute approximate surface area is 241 Å². The quantitative estimate of drug-likeness (QED) is 0.312. The van der Waals surface area contributed by atoms with Gasteiger partial charge < -0.3 is 15.0 Å². The standard InChI is InChI=1S/C28H38Cl2FN3O4S/c1-33(2)27(22-11-13-23(31)14-12-22)21-9-7-20(8-10-21)15-16-32-26(35)19-38-18-17-34(3)39(36,37)28-24(29)5-4-6-25(28)30/h4-6,11-14,20-21,27H,7-10,15-19H2,1-3H3,(H,32,35). The molecule has 39 heavy (non-hydrogen) atoms. The Morgan fingerprint density at radius 2 is 1.67 bits per heavy atom. The van der Waals surface area contributed by atoms with E-state index in [0.717, 1.165) is 42.0 Å². The lowest BCUT2D eigenvalue weighted by Crippen LogP contribution is -2.34. The minimum atomic E-state index is -3.89. The number of carbonyl (C=O) groups excluding carboxylic acids is 1. The first-order valence-corrected chi connectivity index (χ1v) is 15.4. The van der Waals surface area contributed by atoms with E-state index >= 15 is 0 Å². The van der Waals surface area contributed by atoms with Crippen LogP contribution in [0.3, 0.4) is 0 Å². The number of hydrogen-bond donors (Lipinski definition) is 1. The number of amides is 1. The fourth-order valence-electron chi connectivity index (χ4n) is 5.27. The summed E-state index contributed by atoms with van der Waals surface area (Å²) < 4.78 is 45.4. The molecule has 0 heterocycles. The Hall–Kier alpha value is -1.75. The molecule has 1 unspecified atom stereocenters. The van der Waals surface area contributed by atoms with Crippen LogP contribution >= 0.6 is 23.2 Å². The molecule has 1 fully saturated rings. The molecule has 1 aliphatic rings. The van der Waals surface area contributed by atoms with Crippen LogP contribution in [0.25, 0.3) is 0 Å². The zero-order valence-electron chi connectivity index (χ0n) is 22.7. The maximum Gasteiger partial charge on any atom is 0.245 e. The normalized spacial score (nSPS) is 18.9. The summed E-state index contributed by atoms with van der Waals surface area (Å²) in [5.41, 5.74) is 1.15. The Bertz CT molecular complexity index is 1170. The number of likely N-dealkylation sites (N-methyl/N-ethyl adjacent to an activating group) is 1. The molecule has 0 aliphatic heterocycles. The summed E-state index contributed by atoms with van der Waals surface area (Å²) in [5.74, 6) is 0.619. The Kier molecular flexibility index (Phi) is 12.0. The summed E-state index contributed by atoms with van der Waals surface area (Å²) >= 11 is 12.1. The molecule has 7 nitrogen and oxygen atoms in total. The number of sulfonamides is 1. The highest BCUT2D eigenvalue weighted by Crippen LogP contribution is 2.40. The molecule has 0 bridgehead atoms. The minimum Gasteiger partial charge on any atom is -0.370 e. The molecule has 0 aromatic heterocycles. The lowest BCUT2D eigenvalue weighted by atomic mass is 9.75. The van der Waals surface area contributed by atoms with Crippen molar-refractivity contribution in [2.75, 3.05) is 47.4 Å². The molecule has 216 valence electrons. The van der Waals surface area contributed by atoms with Gasteiger partial charge in [-0.1, -0.05) is 54.2 Å². The number of hydrogen-bond acceptors (Lipinski definition) is 5. The van der Waals surface area contributed by atoms with Crippen LogP contribution in [0.1, 0.15) is 43.7 Å². The molecule has 1 aliphatic carbocycles.